The van der Waals surface area contributed by atoms with Gasteiger partial charge < -0.3 is 5.73 Å². The molecule has 0 fully saturated rings. The molecule has 0 aliphatic carbocycles. The number of hydrogen-bond acceptors (Lipinski definition) is 2. The molecule has 66 valence electrons. The van der Waals surface area contributed by atoms with Crippen molar-refractivity contribution >= 4 is 0 Å². The van der Waals surface area contributed by atoms with Crippen molar-refractivity contribution in [2.45, 2.75) is 32.7 Å². The summed E-state index contributed by atoms with van der Waals surface area (Å²) in [4.78, 5) is 4.08. The molecule has 0 unspecified atom stereocenters. The van der Waals surface area contributed by atoms with Crippen molar-refractivity contribution in [1.82, 2.24) is 4.98 Å². The Kier molecular flexibility index (Phi) is 3.23. The minimum absolute atomic E-state index is 0.169. The van der Waals surface area contributed by atoms with Gasteiger partial charge in [0.05, 0.1) is 0 Å². The van der Waals surface area contributed by atoms with E-state index in [-0.39, 0.29) is 6.04 Å². The normalized spacial score (nSPS) is 12.9. The SMILES string of the molecule is CCc1cnccc1[C@@H](N)CC. The van der Waals surface area contributed by atoms with Crippen molar-refractivity contribution in [3.05, 3.63) is 29.6 Å². The first-order chi connectivity index (χ1) is 5.79. The fourth-order valence-corrected chi connectivity index (χ4v) is 1.31. The third-order valence-corrected chi connectivity index (χ3v) is 2.16. The molecule has 0 saturated heterocycles. The van der Waals surface area contributed by atoms with Crippen LogP contribution in [0.1, 0.15) is 37.4 Å². The third kappa shape index (κ3) is 1.83. The summed E-state index contributed by atoms with van der Waals surface area (Å²) in [5, 5.41) is 0. The fourth-order valence-electron chi connectivity index (χ4n) is 1.31. The molecule has 1 rings (SSSR count). The molecule has 1 atom stereocenters. The minimum Gasteiger partial charge on any atom is -0.324 e. The van der Waals surface area contributed by atoms with Gasteiger partial charge in [-0.3, -0.25) is 4.98 Å². The van der Waals surface area contributed by atoms with Crippen molar-refractivity contribution in [2.75, 3.05) is 0 Å². The summed E-state index contributed by atoms with van der Waals surface area (Å²) in [6.07, 6.45) is 5.71. The van der Waals surface area contributed by atoms with Gasteiger partial charge in [0.2, 0.25) is 0 Å². The number of pyridine rings is 1. The second-order valence-corrected chi connectivity index (χ2v) is 2.94. The molecule has 0 radical (unpaired) electrons. The van der Waals surface area contributed by atoms with Crippen LogP contribution in [0, 0.1) is 0 Å². The molecule has 1 heterocycles. The molecule has 2 heteroatoms. The van der Waals surface area contributed by atoms with Crippen LogP contribution in [-0.2, 0) is 6.42 Å². The zero-order chi connectivity index (χ0) is 8.97. The first kappa shape index (κ1) is 9.20. The summed E-state index contributed by atoms with van der Waals surface area (Å²) in [7, 11) is 0. The lowest BCUT2D eigenvalue weighted by Crippen LogP contribution is -2.11. The van der Waals surface area contributed by atoms with Crippen LogP contribution in [0.15, 0.2) is 18.5 Å². The van der Waals surface area contributed by atoms with Crippen LogP contribution in [-0.4, -0.2) is 4.98 Å². The van der Waals surface area contributed by atoms with Gasteiger partial charge in [-0.25, -0.2) is 0 Å². The monoisotopic (exact) mass is 164 g/mol. The molecule has 0 aromatic carbocycles. The highest BCUT2D eigenvalue weighted by atomic mass is 14.7. The highest BCUT2D eigenvalue weighted by Gasteiger charge is 2.06. The first-order valence-electron chi connectivity index (χ1n) is 4.48. The Morgan fingerprint density at radius 1 is 1.50 bits per heavy atom. The summed E-state index contributed by atoms with van der Waals surface area (Å²) in [5.41, 5.74) is 8.46. The van der Waals surface area contributed by atoms with E-state index in [4.69, 9.17) is 5.73 Å². The standard InChI is InChI=1S/C10H16N2/c1-3-8-7-12-6-5-9(8)10(11)4-2/h5-7,10H,3-4,11H2,1-2H3/t10-/m0/s1. The lowest BCUT2D eigenvalue weighted by Gasteiger charge is -2.12. The fraction of sp³-hybridized carbons (Fsp3) is 0.500. The average Bonchev–Trinajstić information content (AvgIpc) is 2.16. The predicted octanol–water partition coefficient (Wildman–Crippen LogP) is 2.05. The molecule has 0 aliphatic heterocycles. The number of nitrogens with two attached hydrogens (primary N) is 1. The molecule has 0 aliphatic rings. The Hall–Kier alpha value is -0.890. The maximum atomic E-state index is 5.94. The van der Waals surface area contributed by atoms with Gasteiger partial charge in [-0.15, -0.1) is 0 Å². The largest absolute Gasteiger partial charge is 0.324 e. The molecule has 0 bridgehead atoms. The Morgan fingerprint density at radius 2 is 2.25 bits per heavy atom. The second-order valence-electron chi connectivity index (χ2n) is 2.94. The number of aryl methyl sites for hydroxylation is 1. The van der Waals surface area contributed by atoms with E-state index in [1.54, 1.807) is 0 Å². The molecule has 0 saturated carbocycles. The second kappa shape index (κ2) is 4.21. The quantitative estimate of drug-likeness (QED) is 0.742. The maximum absolute atomic E-state index is 5.94. The summed E-state index contributed by atoms with van der Waals surface area (Å²) in [6, 6.07) is 2.19. The summed E-state index contributed by atoms with van der Waals surface area (Å²) in [6.45, 7) is 4.23. The smallest absolute Gasteiger partial charge is 0.0303 e. The molecular formula is C10H16N2. The molecule has 2 N–H and O–H groups in total. The van der Waals surface area contributed by atoms with Crippen LogP contribution < -0.4 is 5.73 Å². The van der Waals surface area contributed by atoms with E-state index in [2.05, 4.69) is 18.8 Å². The number of rotatable bonds is 3. The van der Waals surface area contributed by atoms with E-state index in [1.807, 2.05) is 18.5 Å². The summed E-state index contributed by atoms with van der Waals surface area (Å²) >= 11 is 0. The molecule has 0 spiro atoms. The van der Waals surface area contributed by atoms with Gasteiger partial charge in [-0.1, -0.05) is 13.8 Å². The molecule has 1 aromatic heterocycles. The van der Waals surface area contributed by atoms with E-state index in [9.17, 15) is 0 Å². The van der Waals surface area contributed by atoms with Gasteiger partial charge in [0.15, 0.2) is 0 Å². The highest BCUT2D eigenvalue weighted by Crippen LogP contribution is 2.17. The van der Waals surface area contributed by atoms with E-state index >= 15 is 0 Å². The molecule has 0 amide bonds. The zero-order valence-electron chi connectivity index (χ0n) is 7.75. The highest BCUT2D eigenvalue weighted by molar-refractivity contribution is 5.26. The van der Waals surface area contributed by atoms with Crippen LogP contribution in [0.2, 0.25) is 0 Å². The number of hydrogen-bond donors (Lipinski definition) is 1. The van der Waals surface area contributed by atoms with Gasteiger partial charge in [-0.2, -0.15) is 0 Å². The van der Waals surface area contributed by atoms with Gasteiger partial charge >= 0.3 is 0 Å². The van der Waals surface area contributed by atoms with Crippen molar-refractivity contribution in [3.63, 3.8) is 0 Å². The number of nitrogens with zero attached hydrogens (tertiary/aromatic N) is 1. The molecular weight excluding hydrogens is 148 g/mol. The maximum Gasteiger partial charge on any atom is 0.0303 e. The molecule has 1 aromatic rings. The minimum atomic E-state index is 0.169. The molecule has 2 nitrogen and oxygen atoms in total. The van der Waals surface area contributed by atoms with Crippen LogP contribution >= 0.6 is 0 Å². The van der Waals surface area contributed by atoms with E-state index in [0.717, 1.165) is 12.8 Å². The van der Waals surface area contributed by atoms with Crippen LogP contribution in [0.25, 0.3) is 0 Å². The summed E-state index contributed by atoms with van der Waals surface area (Å²) < 4.78 is 0. The van der Waals surface area contributed by atoms with Gasteiger partial charge in [0.25, 0.3) is 0 Å². The zero-order valence-corrected chi connectivity index (χ0v) is 7.75. The average molecular weight is 164 g/mol. The van der Waals surface area contributed by atoms with Crippen LogP contribution in [0.3, 0.4) is 0 Å². The summed E-state index contributed by atoms with van der Waals surface area (Å²) in [5.74, 6) is 0. The lowest BCUT2D eigenvalue weighted by atomic mass is 10.00. The molecule has 12 heavy (non-hydrogen) atoms. The van der Waals surface area contributed by atoms with Crippen molar-refractivity contribution in [2.24, 2.45) is 5.73 Å². The predicted molar refractivity (Wildman–Crippen MR) is 50.8 cm³/mol. The van der Waals surface area contributed by atoms with Gasteiger partial charge in [-0.05, 0) is 30.0 Å². The Bertz CT molecular complexity index is 245. The van der Waals surface area contributed by atoms with Crippen molar-refractivity contribution in [1.29, 1.82) is 0 Å². The van der Waals surface area contributed by atoms with Crippen LogP contribution in [0.5, 0.6) is 0 Å². The lowest BCUT2D eigenvalue weighted by molar-refractivity contribution is 0.688. The van der Waals surface area contributed by atoms with E-state index < -0.39 is 0 Å². The van der Waals surface area contributed by atoms with Gasteiger partial charge in [0.1, 0.15) is 0 Å². The number of aromatic nitrogens is 1. The van der Waals surface area contributed by atoms with Crippen molar-refractivity contribution < 1.29 is 0 Å². The Balaban J connectivity index is 2.96. The van der Waals surface area contributed by atoms with E-state index in [1.165, 1.54) is 11.1 Å². The topological polar surface area (TPSA) is 38.9 Å². The Labute approximate surface area is 73.8 Å². The third-order valence-electron chi connectivity index (χ3n) is 2.16. The van der Waals surface area contributed by atoms with Crippen molar-refractivity contribution in [3.8, 4) is 0 Å². The Morgan fingerprint density at radius 3 is 2.83 bits per heavy atom. The van der Waals surface area contributed by atoms with E-state index in [0.29, 0.717) is 0 Å². The van der Waals surface area contributed by atoms with Crippen LogP contribution in [0.4, 0.5) is 0 Å². The first-order valence-corrected chi connectivity index (χ1v) is 4.48. The van der Waals surface area contributed by atoms with Gasteiger partial charge in [0, 0.05) is 18.4 Å².